The van der Waals surface area contributed by atoms with Gasteiger partial charge in [-0.15, -0.1) is 0 Å². The molecule has 1 atom stereocenters. The van der Waals surface area contributed by atoms with Crippen LogP contribution in [0.5, 0.6) is 0 Å². The van der Waals surface area contributed by atoms with E-state index in [0.29, 0.717) is 19.5 Å². The van der Waals surface area contributed by atoms with Crippen LogP contribution in [0.2, 0.25) is 0 Å². The van der Waals surface area contributed by atoms with E-state index in [1.165, 1.54) is 4.90 Å². The summed E-state index contributed by atoms with van der Waals surface area (Å²) >= 11 is 0. The monoisotopic (exact) mass is 242 g/mol. The van der Waals surface area contributed by atoms with Gasteiger partial charge in [-0.2, -0.15) is 0 Å². The first kappa shape index (κ1) is 13.8. The fourth-order valence-electron chi connectivity index (χ4n) is 1.82. The first-order valence-corrected chi connectivity index (χ1v) is 6.12. The number of nitrogens with one attached hydrogen (secondary N) is 1. The number of hydrogen-bond donors (Lipinski definition) is 1. The highest BCUT2D eigenvalue weighted by atomic mass is 16.6. The van der Waals surface area contributed by atoms with Crippen molar-refractivity contribution in [3.63, 3.8) is 0 Å². The summed E-state index contributed by atoms with van der Waals surface area (Å²) in [4.78, 5) is 25.3. The Balaban J connectivity index is 2.77. The molecule has 5 nitrogen and oxygen atoms in total. The molecular weight excluding hydrogens is 220 g/mol. The Morgan fingerprint density at radius 1 is 1.53 bits per heavy atom. The van der Waals surface area contributed by atoms with Gasteiger partial charge in [0.15, 0.2) is 0 Å². The Bertz CT molecular complexity index is 297. The molecule has 1 aliphatic rings. The maximum atomic E-state index is 12.0. The van der Waals surface area contributed by atoms with Crippen LogP contribution in [-0.2, 0) is 9.53 Å². The van der Waals surface area contributed by atoms with Crippen molar-refractivity contribution in [3.05, 3.63) is 0 Å². The predicted octanol–water partition coefficient (Wildman–Crippen LogP) is 1.52. The minimum absolute atomic E-state index is 0.0872. The standard InChI is InChI=1S/C12H22N2O3/c1-5-9-10(15)13-7-6-8-14(9)11(16)17-12(2,3)4/h9H,5-8H2,1-4H3,(H,13,15). The Hall–Kier alpha value is -1.26. The molecule has 1 rings (SSSR count). The number of hydrogen-bond acceptors (Lipinski definition) is 3. The summed E-state index contributed by atoms with van der Waals surface area (Å²) < 4.78 is 5.32. The molecule has 5 heteroatoms. The summed E-state index contributed by atoms with van der Waals surface area (Å²) in [6.45, 7) is 8.55. The molecule has 17 heavy (non-hydrogen) atoms. The average molecular weight is 242 g/mol. The molecule has 0 aliphatic carbocycles. The van der Waals surface area contributed by atoms with Crippen LogP contribution in [0.4, 0.5) is 4.79 Å². The molecule has 0 aromatic rings. The highest BCUT2D eigenvalue weighted by molar-refractivity contribution is 5.86. The van der Waals surface area contributed by atoms with Crippen molar-refractivity contribution in [1.82, 2.24) is 10.2 Å². The second-order valence-corrected chi connectivity index (χ2v) is 5.24. The fourth-order valence-corrected chi connectivity index (χ4v) is 1.82. The van der Waals surface area contributed by atoms with Gasteiger partial charge in [0.25, 0.3) is 0 Å². The lowest BCUT2D eigenvalue weighted by Crippen LogP contribution is -2.48. The van der Waals surface area contributed by atoms with Crippen LogP contribution in [0.25, 0.3) is 0 Å². The molecule has 0 bridgehead atoms. The topological polar surface area (TPSA) is 58.6 Å². The van der Waals surface area contributed by atoms with Gasteiger partial charge in [0.05, 0.1) is 0 Å². The van der Waals surface area contributed by atoms with Gasteiger partial charge in [-0.3, -0.25) is 9.69 Å². The van der Waals surface area contributed by atoms with Gasteiger partial charge in [-0.1, -0.05) is 6.92 Å². The van der Waals surface area contributed by atoms with E-state index < -0.39 is 17.7 Å². The van der Waals surface area contributed by atoms with Crippen LogP contribution in [0.15, 0.2) is 0 Å². The van der Waals surface area contributed by atoms with Gasteiger partial charge < -0.3 is 10.1 Å². The largest absolute Gasteiger partial charge is 0.444 e. The summed E-state index contributed by atoms with van der Waals surface area (Å²) in [7, 11) is 0. The minimum atomic E-state index is -0.530. The van der Waals surface area contributed by atoms with Gasteiger partial charge in [0.1, 0.15) is 11.6 Å². The third kappa shape index (κ3) is 3.91. The van der Waals surface area contributed by atoms with E-state index in [4.69, 9.17) is 4.74 Å². The maximum Gasteiger partial charge on any atom is 0.410 e. The predicted molar refractivity (Wildman–Crippen MR) is 64.6 cm³/mol. The van der Waals surface area contributed by atoms with Gasteiger partial charge in [-0.05, 0) is 33.6 Å². The number of amides is 2. The summed E-state index contributed by atoms with van der Waals surface area (Å²) in [5.41, 5.74) is -0.530. The van der Waals surface area contributed by atoms with E-state index >= 15 is 0 Å². The summed E-state index contributed by atoms with van der Waals surface area (Å²) in [6.07, 6.45) is 0.966. The number of carbonyl (C=O) groups is 2. The van der Waals surface area contributed by atoms with Gasteiger partial charge in [0, 0.05) is 13.1 Å². The zero-order valence-corrected chi connectivity index (χ0v) is 11.1. The van der Waals surface area contributed by atoms with E-state index in [0.717, 1.165) is 6.42 Å². The third-order valence-corrected chi connectivity index (χ3v) is 2.57. The molecule has 0 aromatic carbocycles. The highest BCUT2D eigenvalue weighted by Crippen LogP contribution is 2.15. The lowest BCUT2D eigenvalue weighted by Gasteiger charge is -2.30. The van der Waals surface area contributed by atoms with Crippen LogP contribution in [-0.4, -0.2) is 41.6 Å². The van der Waals surface area contributed by atoms with Crippen molar-refractivity contribution < 1.29 is 14.3 Å². The Morgan fingerprint density at radius 3 is 2.71 bits per heavy atom. The van der Waals surface area contributed by atoms with Gasteiger partial charge >= 0.3 is 6.09 Å². The molecular formula is C12H22N2O3. The summed E-state index contributed by atoms with van der Waals surface area (Å²) in [5.74, 6) is -0.0872. The molecule has 1 heterocycles. The number of rotatable bonds is 1. The van der Waals surface area contributed by atoms with Crippen LogP contribution in [0.1, 0.15) is 40.5 Å². The van der Waals surface area contributed by atoms with E-state index in [1.54, 1.807) is 0 Å². The molecule has 1 fully saturated rings. The maximum absolute atomic E-state index is 12.0. The molecule has 1 unspecified atom stereocenters. The Kier molecular flexibility index (Phi) is 4.37. The van der Waals surface area contributed by atoms with Gasteiger partial charge in [-0.25, -0.2) is 4.79 Å². The molecule has 0 saturated carbocycles. The average Bonchev–Trinajstić information content (AvgIpc) is 2.37. The quantitative estimate of drug-likeness (QED) is 0.758. The Labute approximate surface area is 102 Å². The number of carbonyl (C=O) groups excluding carboxylic acids is 2. The molecule has 1 N–H and O–H groups in total. The molecule has 0 aromatic heterocycles. The molecule has 2 amide bonds. The van der Waals surface area contributed by atoms with Crippen molar-refractivity contribution in [2.75, 3.05) is 13.1 Å². The second kappa shape index (κ2) is 5.38. The van der Waals surface area contributed by atoms with Crippen molar-refractivity contribution in [2.45, 2.75) is 52.2 Å². The molecule has 98 valence electrons. The second-order valence-electron chi connectivity index (χ2n) is 5.24. The third-order valence-electron chi connectivity index (χ3n) is 2.57. The van der Waals surface area contributed by atoms with Crippen molar-refractivity contribution >= 4 is 12.0 Å². The Morgan fingerprint density at radius 2 is 2.18 bits per heavy atom. The van der Waals surface area contributed by atoms with E-state index in [-0.39, 0.29) is 5.91 Å². The molecule has 1 aliphatic heterocycles. The first-order chi connectivity index (χ1) is 7.85. The molecule has 0 spiro atoms. The van der Waals surface area contributed by atoms with Crippen molar-refractivity contribution in [1.29, 1.82) is 0 Å². The molecule has 1 saturated heterocycles. The smallest absolute Gasteiger partial charge is 0.410 e. The fraction of sp³-hybridized carbons (Fsp3) is 0.833. The van der Waals surface area contributed by atoms with Crippen LogP contribution >= 0.6 is 0 Å². The normalized spacial score (nSPS) is 21.8. The van der Waals surface area contributed by atoms with E-state index in [1.807, 2.05) is 27.7 Å². The van der Waals surface area contributed by atoms with E-state index in [9.17, 15) is 9.59 Å². The van der Waals surface area contributed by atoms with E-state index in [2.05, 4.69) is 5.32 Å². The lowest BCUT2D eigenvalue weighted by atomic mass is 10.2. The van der Waals surface area contributed by atoms with Crippen molar-refractivity contribution in [3.8, 4) is 0 Å². The molecule has 0 radical (unpaired) electrons. The number of nitrogens with zero attached hydrogens (tertiary/aromatic N) is 1. The summed E-state index contributed by atoms with van der Waals surface area (Å²) in [5, 5.41) is 2.80. The lowest BCUT2D eigenvalue weighted by molar-refractivity contribution is -0.125. The SMILES string of the molecule is CCC1C(=O)NCCCN1C(=O)OC(C)(C)C. The zero-order chi connectivity index (χ0) is 13.1. The van der Waals surface area contributed by atoms with Crippen molar-refractivity contribution in [2.24, 2.45) is 0 Å². The van der Waals surface area contributed by atoms with Gasteiger partial charge in [0.2, 0.25) is 5.91 Å². The highest BCUT2D eigenvalue weighted by Gasteiger charge is 2.32. The first-order valence-electron chi connectivity index (χ1n) is 6.12. The van der Waals surface area contributed by atoms with Crippen LogP contribution < -0.4 is 5.32 Å². The van der Waals surface area contributed by atoms with Crippen LogP contribution in [0.3, 0.4) is 0 Å². The summed E-state index contributed by atoms with van der Waals surface area (Å²) in [6, 6.07) is -0.410. The zero-order valence-electron chi connectivity index (χ0n) is 11.1. The number of ether oxygens (including phenoxy) is 1. The van der Waals surface area contributed by atoms with Crippen LogP contribution in [0, 0.1) is 0 Å². The minimum Gasteiger partial charge on any atom is -0.444 e.